The molecule has 1 heteroatoms. The zero-order valence-electron chi connectivity index (χ0n) is 32.0. The largest absolute Gasteiger partial charge is 0.310 e. The molecule has 0 heterocycles. The first-order valence-electron chi connectivity index (χ1n) is 20.1. The summed E-state index contributed by atoms with van der Waals surface area (Å²) >= 11 is 0. The predicted octanol–water partition coefficient (Wildman–Crippen LogP) is 14.6. The molecule has 0 saturated carbocycles. The Hall–Kier alpha value is -6.96. The van der Waals surface area contributed by atoms with E-state index in [9.17, 15) is 0 Å². The fourth-order valence-corrected chi connectivity index (χ4v) is 10.6. The molecular formula is C56H39N. The van der Waals surface area contributed by atoms with Crippen LogP contribution in [-0.4, -0.2) is 0 Å². The zero-order chi connectivity index (χ0) is 37.9. The summed E-state index contributed by atoms with van der Waals surface area (Å²) in [7, 11) is 0. The molecule has 0 N–H and O–H groups in total. The molecule has 0 unspecified atom stereocenters. The van der Waals surface area contributed by atoms with Crippen molar-refractivity contribution in [3.05, 3.63) is 234 Å². The van der Waals surface area contributed by atoms with Gasteiger partial charge in [-0.05, 0) is 125 Å². The standard InChI is InChI=1S/C56H39N/c1-55(2)48-18-8-6-16-44(48)46-32-30-42(34-52(46)55)57(41-28-26-39(27-29-41)38-24-22-37(23-25-38)36-12-4-3-5-13-36)43-31-33-47-45-17-7-9-19-49(45)56(53(47)35-43)50-20-10-14-40-15-11-21-51(56)54(40)50/h3-35H,1-2H3. The number of hydrogen-bond donors (Lipinski definition) is 0. The molecule has 0 bridgehead atoms. The average Bonchev–Trinajstić information content (AvgIpc) is 3.70. The molecule has 9 aromatic carbocycles. The van der Waals surface area contributed by atoms with E-state index in [0.717, 1.165) is 17.1 Å². The molecule has 3 aliphatic carbocycles. The number of benzene rings is 9. The molecule has 0 saturated heterocycles. The Morgan fingerprint density at radius 2 is 0.754 bits per heavy atom. The van der Waals surface area contributed by atoms with E-state index in [1.54, 1.807) is 0 Å². The highest BCUT2D eigenvalue weighted by Gasteiger charge is 2.53. The van der Waals surface area contributed by atoms with Gasteiger partial charge in [-0.2, -0.15) is 0 Å². The van der Waals surface area contributed by atoms with Gasteiger partial charge < -0.3 is 4.90 Å². The van der Waals surface area contributed by atoms with Crippen molar-refractivity contribution >= 4 is 27.8 Å². The first kappa shape index (κ1) is 32.3. The Kier molecular flexibility index (Phi) is 6.67. The monoisotopic (exact) mass is 725 g/mol. The molecule has 12 rings (SSSR count). The Morgan fingerprint density at radius 3 is 1.39 bits per heavy atom. The van der Waals surface area contributed by atoms with Crippen LogP contribution in [-0.2, 0) is 10.8 Å². The minimum Gasteiger partial charge on any atom is -0.310 e. The average molecular weight is 726 g/mol. The van der Waals surface area contributed by atoms with Crippen LogP contribution < -0.4 is 4.90 Å². The summed E-state index contributed by atoms with van der Waals surface area (Å²) < 4.78 is 0. The van der Waals surface area contributed by atoms with Crippen molar-refractivity contribution in [2.75, 3.05) is 4.90 Å². The molecule has 3 aliphatic rings. The van der Waals surface area contributed by atoms with E-state index in [1.165, 1.54) is 88.7 Å². The molecule has 57 heavy (non-hydrogen) atoms. The van der Waals surface area contributed by atoms with Crippen molar-refractivity contribution in [2.24, 2.45) is 0 Å². The first-order chi connectivity index (χ1) is 28.0. The predicted molar refractivity (Wildman–Crippen MR) is 238 cm³/mol. The maximum Gasteiger partial charge on any atom is 0.0726 e. The quantitative estimate of drug-likeness (QED) is 0.171. The van der Waals surface area contributed by atoms with Gasteiger partial charge in [0.2, 0.25) is 0 Å². The highest BCUT2D eigenvalue weighted by Crippen LogP contribution is 2.64. The SMILES string of the molecule is CC1(C)c2ccccc2-c2ccc(N(c3ccc(-c4ccc(-c5ccccc5)cc4)cc3)c3ccc4c(c3)C3(c5ccccc5-4)c4cccc5cccc3c45)cc21. The second-order valence-electron chi connectivity index (χ2n) is 16.5. The first-order valence-corrected chi connectivity index (χ1v) is 20.1. The van der Waals surface area contributed by atoms with Crippen LogP contribution in [0.4, 0.5) is 17.1 Å². The molecular weight excluding hydrogens is 687 g/mol. The molecule has 0 aromatic heterocycles. The van der Waals surface area contributed by atoms with Crippen molar-refractivity contribution < 1.29 is 0 Å². The van der Waals surface area contributed by atoms with Crippen molar-refractivity contribution in [1.29, 1.82) is 0 Å². The van der Waals surface area contributed by atoms with Gasteiger partial charge in [-0.25, -0.2) is 0 Å². The molecule has 1 spiro atoms. The fourth-order valence-electron chi connectivity index (χ4n) is 10.6. The third kappa shape index (κ3) is 4.40. The molecule has 9 aromatic rings. The second-order valence-corrected chi connectivity index (χ2v) is 16.5. The zero-order valence-corrected chi connectivity index (χ0v) is 32.0. The highest BCUT2D eigenvalue weighted by atomic mass is 15.1. The van der Waals surface area contributed by atoms with Crippen LogP contribution in [0, 0.1) is 0 Å². The van der Waals surface area contributed by atoms with E-state index in [4.69, 9.17) is 0 Å². The van der Waals surface area contributed by atoms with Crippen molar-refractivity contribution in [3.8, 4) is 44.5 Å². The van der Waals surface area contributed by atoms with Gasteiger partial charge in [-0.15, -0.1) is 0 Å². The highest BCUT2D eigenvalue weighted by molar-refractivity contribution is 6.05. The molecule has 0 atom stereocenters. The summed E-state index contributed by atoms with van der Waals surface area (Å²) in [5.41, 5.74) is 21.5. The van der Waals surface area contributed by atoms with E-state index in [1.807, 2.05) is 0 Å². The van der Waals surface area contributed by atoms with Gasteiger partial charge in [0, 0.05) is 22.5 Å². The van der Waals surface area contributed by atoms with Gasteiger partial charge >= 0.3 is 0 Å². The van der Waals surface area contributed by atoms with Crippen LogP contribution in [0.3, 0.4) is 0 Å². The summed E-state index contributed by atoms with van der Waals surface area (Å²) in [6, 6.07) is 74.7. The molecule has 268 valence electrons. The number of fused-ring (bicyclic) bond motifs is 10. The lowest BCUT2D eigenvalue weighted by Crippen LogP contribution is -2.36. The van der Waals surface area contributed by atoms with Crippen molar-refractivity contribution in [2.45, 2.75) is 24.7 Å². The lowest BCUT2D eigenvalue weighted by molar-refractivity contribution is 0.660. The summed E-state index contributed by atoms with van der Waals surface area (Å²) in [4.78, 5) is 2.48. The number of rotatable bonds is 5. The lowest BCUT2D eigenvalue weighted by Gasteiger charge is -2.43. The summed E-state index contributed by atoms with van der Waals surface area (Å²) in [5.74, 6) is 0. The smallest absolute Gasteiger partial charge is 0.0726 e. The van der Waals surface area contributed by atoms with Crippen LogP contribution in [0.25, 0.3) is 55.3 Å². The topological polar surface area (TPSA) is 3.24 Å². The summed E-state index contributed by atoms with van der Waals surface area (Å²) in [6.07, 6.45) is 0. The Morgan fingerprint density at radius 1 is 0.316 bits per heavy atom. The van der Waals surface area contributed by atoms with Crippen molar-refractivity contribution in [1.82, 2.24) is 0 Å². The van der Waals surface area contributed by atoms with E-state index in [0.29, 0.717) is 0 Å². The van der Waals surface area contributed by atoms with Gasteiger partial charge in [0.1, 0.15) is 0 Å². The van der Waals surface area contributed by atoms with Crippen LogP contribution in [0.1, 0.15) is 47.2 Å². The lowest BCUT2D eigenvalue weighted by atomic mass is 9.58. The molecule has 1 nitrogen and oxygen atoms in total. The van der Waals surface area contributed by atoms with Gasteiger partial charge in [0.05, 0.1) is 5.41 Å². The maximum atomic E-state index is 2.49. The second kappa shape index (κ2) is 11.8. The number of nitrogens with zero attached hydrogens (tertiary/aromatic N) is 1. The number of hydrogen-bond acceptors (Lipinski definition) is 1. The Labute approximate surface area is 334 Å². The van der Waals surface area contributed by atoms with Crippen LogP contribution in [0.5, 0.6) is 0 Å². The van der Waals surface area contributed by atoms with E-state index in [-0.39, 0.29) is 10.8 Å². The normalized spacial score (nSPS) is 14.4. The Balaban J connectivity index is 1.02. The van der Waals surface area contributed by atoms with Crippen LogP contribution >= 0.6 is 0 Å². The van der Waals surface area contributed by atoms with E-state index < -0.39 is 0 Å². The fraction of sp³-hybridized carbons (Fsp3) is 0.0714. The molecule has 0 fully saturated rings. The molecule has 0 aliphatic heterocycles. The molecule has 0 radical (unpaired) electrons. The van der Waals surface area contributed by atoms with E-state index >= 15 is 0 Å². The van der Waals surface area contributed by atoms with Gasteiger partial charge in [0.15, 0.2) is 0 Å². The van der Waals surface area contributed by atoms with Crippen LogP contribution in [0.15, 0.2) is 200 Å². The third-order valence-corrected chi connectivity index (χ3v) is 13.3. The minimum absolute atomic E-state index is 0.110. The molecule has 0 amide bonds. The third-order valence-electron chi connectivity index (χ3n) is 13.3. The van der Waals surface area contributed by atoms with Crippen molar-refractivity contribution in [3.63, 3.8) is 0 Å². The van der Waals surface area contributed by atoms with Crippen LogP contribution in [0.2, 0.25) is 0 Å². The van der Waals surface area contributed by atoms with E-state index in [2.05, 4.69) is 219 Å². The minimum atomic E-state index is -0.305. The summed E-state index contributed by atoms with van der Waals surface area (Å²) in [6.45, 7) is 4.74. The van der Waals surface area contributed by atoms with Gasteiger partial charge in [-0.1, -0.05) is 178 Å². The van der Waals surface area contributed by atoms with Gasteiger partial charge in [-0.3, -0.25) is 0 Å². The number of anilines is 3. The van der Waals surface area contributed by atoms with Gasteiger partial charge in [0.25, 0.3) is 0 Å². The maximum absolute atomic E-state index is 2.49. The Bertz CT molecular complexity index is 3040. The summed E-state index contributed by atoms with van der Waals surface area (Å²) in [5, 5.41) is 2.72.